The van der Waals surface area contributed by atoms with Crippen molar-refractivity contribution in [1.29, 1.82) is 0 Å². The molecule has 3 heteroatoms. The van der Waals surface area contributed by atoms with E-state index in [1.54, 1.807) is 24.3 Å². The molecule has 0 unspecified atom stereocenters. The van der Waals surface area contributed by atoms with Gasteiger partial charge in [0.2, 0.25) is 0 Å². The molecule has 0 heterocycles. The average molecular weight is 258 g/mol. The Hall–Kier alpha value is -2.42. The van der Waals surface area contributed by atoms with Crippen molar-refractivity contribution in [3.05, 3.63) is 84.5 Å². The lowest BCUT2D eigenvalue weighted by atomic mass is 10.2. The molecule has 0 amide bonds. The molecular weight excluding hydrogens is 246 g/mol. The van der Waals surface area contributed by atoms with Gasteiger partial charge in [-0.05, 0) is 48.5 Å². The van der Waals surface area contributed by atoms with E-state index in [0.29, 0.717) is 22.6 Å². The fourth-order valence-electron chi connectivity index (χ4n) is 1.54. The van der Waals surface area contributed by atoms with Gasteiger partial charge in [0.15, 0.2) is 0 Å². The van der Waals surface area contributed by atoms with E-state index in [-0.39, 0.29) is 11.6 Å². The van der Waals surface area contributed by atoms with Gasteiger partial charge >= 0.3 is 0 Å². The second kappa shape index (κ2) is 5.48. The van der Waals surface area contributed by atoms with E-state index in [0.717, 1.165) is 0 Å². The molecule has 2 rings (SSSR count). The Balaban J connectivity index is 2.08. The van der Waals surface area contributed by atoms with Gasteiger partial charge in [0.25, 0.3) is 0 Å². The van der Waals surface area contributed by atoms with E-state index >= 15 is 0 Å². The molecule has 0 saturated heterocycles. The summed E-state index contributed by atoms with van der Waals surface area (Å²) in [6.45, 7) is 7.52. The number of rotatable bonds is 4. The van der Waals surface area contributed by atoms with E-state index < -0.39 is 0 Å². The molecule has 2 aromatic carbocycles. The molecule has 0 radical (unpaired) electrons. The summed E-state index contributed by atoms with van der Waals surface area (Å²) in [5, 5.41) is 0. The van der Waals surface area contributed by atoms with Crippen molar-refractivity contribution in [1.82, 2.24) is 0 Å². The molecule has 19 heavy (non-hydrogen) atoms. The SMILES string of the molecule is C=C(OC(=C)c1ccc(F)cc1)c1ccc(F)cc1. The highest BCUT2D eigenvalue weighted by Gasteiger charge is 2.05. The number of ether oxygens (including phenoxy) is 1. The zero-order valence-corrected chi connectivity index (χ0v) is 10.2. The number of benzene rings is 2. The first-order chi connectivity index (χ1) is 9.06. The maximum absolute atomic E-state index is 12.8. The van der Waals surface area contributed by atoms with Gasteiger partial charge in [-0.25, -0.2) is 8.78 Å². The van der Waals surface area contributed by atoms with Crippen LogP contribution in [0.3, 0.4) is 0 Å². The van der Waals surface area contributed by atoms with E-state index in [1.165, 1.54) is 24.3 Å². The molecule has 0 aromatic heterocycles. The molecule has 2 aromatic rings. The molecule has 0 saturated carbocycles. The first-order valence-electron chi connectivity index (χ1n) is 5.64. The number of halogens is 2. The molecule has 96 valence electrons. The maximum Gasteiger partial charge on any atom is 0.127 e. The molecule has 0 spiro atoms. The largest absolute Gasteiger partial charge is 0.457 e. The second-order valence-electron chi connectivity index (χ2n) is 3.96. The van der Waals surface area contributed by atoms with Crippen molar-refractivity contribution in [3.63, 3.8) is 0 Å². The van der Waals surface area contributed by atoms with Gasteiger partial charge in [-0.3, -0.25) is 0 Å². The third-order valence-corrected chi connectivity index (χ3v) is 2.58. The van der Waals surface area contributed by atoms with Crippen LogP contribution in [0.1, 0.15) is 11.1 Å². The Morgan fingerprint density at radius 3 is 1.32 bits per heavy atom. The quantitative estimate of drug-likeness (QED) is 0.727. The van der Waals surface area contributed by atoms with E-state index in [1.807, 2.05) is 0 Å². The molecule has 0 N–H and O–H groups in total. The molecule has 0 atom stereocenters. The summed E-state index contributed by atoms with van der Waals surface area (Å²) < 4.78 is 31.1. The normalized spacial score (nSPS) is 10.0. The minimum atomic E-state index is -0.325. The van der Waals surface area contributed by atoms with Crippen LogP contribution in [0.2, 0.25) is 0 Å². The predicted octanol–water partition coefficient (Wildman–Crippen LogP) is 4.62. The van der Waals surface area contributed by atoms with E-state index in [4.69, 9.17) is 4.74 Å². The zero-order chi connectivity index (χ0) is 13.8. The van der Waals surface area contributed by atoms with Crippen LogP contribution in [0.25, 0.3) is 11.5 Å². The van der Waals surface area contributed by atoms with Crippen LogP contribution in [0.4, 0.5) is 8.78 Å². The van der Waals surface area contributed by atoms with Crippen LogP contribution in [0.5, 0.6) is 0 Å². The Labute approximate surface area is 110 Å². The van der Waals surface area contributed by atoms with Gasteiger partial charge < -0.3 is 4.74 Å². The van der Waals surface area contributed by atoms with Crippen molar-refractivity contribution in [2.45, 2.75) is 0 Å². The summed E-state index contributed by atoms with van der Waals surface area (Å²) in [6, 6.07) is 11.6. The van der Waals surface area contributed by atoms with Gasteiger partial charge in [0.1, 0.15) is 23.2 Å². The lowest BCUT2D eigenvalue weighted by Crippen LogP contribution is -1.91. The van der Waals surface area contributed by atoms with Crippen molar-refractivity contribution in [3.8, 4) is 0 Å². The third-order valence-electron chi connectivity index (χ3n) is 2.58. The summed E-state index contributed by atoms with van der Waals surface area (Å²) in [5.41, 5.74) is 1.31. The van der Waals surface area contributed by atoms with Crippen LogP contribution in [0.15, 0.2) is 61.7 Å². The predicted molar refractivity (Wildman–Crippen MR) is 72.0 cm³/mol. The van der Waals surface area contributed by atoms with Crippen LogP contribution in [0, 0.1) is 11.6 Å². The summed E-state index contributed by atoms with van der Waals surface area (Å²) in [4.78, 5) is 0. The minimum Gasteiger partial charge on any atom is -0.457 e. The van der Waals surface area contributed by atoms with Crippen molar-refractivity contribution in [2.75, 3.05) is 0 Å². The highest BCUT2D eigenvalue weighted by molar-refractivity contribution is 5.67. The van der Waals surface area contributed by atoms with Crippen LogP contribution in [-0.2, 0) is 4.74 Å². The first kappa shape index (κ1) is 13.0. The van der Waals surface area contributed by atoms with Crippen LogP contribution < -0.4 is 0 Å². The number of hydrogen-bond acceptors (Lipinski definition) is 1. The minimum absolute atomic E-state index is 0.325. The highest BCUT2D eigenvalue weighted by atomic mass is 19.1. The Bertz CT molecular complexity index is 542. The molecule has 0 aliphatic heterocycles. The fraction of sp³-hybridized carbons (Fsp3) is 0. The van der Waals surface area contributed by atoms with Gasteiger partial charge in [0, 0.05) is 11.1 Å². The van der Waals surface area contributed by atoms with Gasteiger partial charge in [-0.15, -0.1) is 0 Å². The van der Waals surface area contributed by atoms with E-state index in [2.05, 4.69) is 13.2 Å². The smallest absolute Gasteiger partial charge is 0.127 e. The van der Waals surface area contributed by atoms with Crippen LogP contribution >= 0.6 is 0 Å². The Morgan fingerprint density at radius 1 is 0.684 bits per heavy atom. The third kappa shape index (κ3) is 3.28. The molecule has 0 aliphatic carbocycles. The monoisotopic (exact) mass is 258 g/mol. The molecule has 0 aliphatic rings. The second-order valence-corrected chi connectivity index (χ2v) is 3.96. The van der Waals surface area contributed by atoms with Gasteiger partial charge in [-0.2, -0.15) is 0 Å². The molecular formula is C16H12F2O. The first-order valence-corrected chi connectivity index (χ1v) is 5.64. The van der Waals surface area contributed by atoms with Gasteiger partial charge in [-0.1, -0.05) is 13.2 Å². The number of hydrogen-bond donors (Lipinski definition) is 0. The zero-order valence-electron chi connectivity index (χ0n) is 10.2. The van der Waals surface area contributed by atoms with Gasteiger partial charge in [0.05, 0.1) is 0 Å². The summed E-state index contributed by atoms with van der Waals surface area (Å²) in [5.74, 6) is 0.0615. The maximum atomic E-state index is 12.8. The Morgan fingerprint density at radius 2 is 1.00 bits per heavy atom. The standard InChI is InChI=1S/C16H12F2O/c1-11(13-3-7-15(17)8-4-13)19-12(2)14-5-9-16(18)10-6-14/h3-10H,1-2H2. The highest BCUT2D eigenvalue weighted by Crippen LogP contribution is 2.23. The molecule has 1 nitrogen and oxygen atoms in total. The summed E-state index contributed by atoms with van der Waals surface area (Å²) in [7, 11) is 0. The van der Waals surface area contributed by atoms with Crippen molar-refractivity contribution >= 4 is 11.5 Å². The lowest BCUT2D eigenvalue weighted by molar-refractivity contribution is 0.474. The molecule has 0 fully saturated rings. The van der Waals surface area contributed by atoms with Crippen LogP contribution in [-0.4, -0.2) is 0 Å². The summed E-state index contributed by atoms with van der Waals surface area (Å²) in [6.07, 6.45) is 0. The van der Waals surface area contributed by atoms with Crippen molar-refractivity contribution in [2.24, 2.45) is 0 Å². The summed E-state index contributed by atoms with van der Waals surface area (Å²) >= 11 is 0. The van der Waals surface area contributed by atoms with E-state index in [9.17, 15) is 8.78 Å². The fourth-order valence-corrected chi connectivity index (χ4v) is 1.54. The Kier molecular flexibility index (Phi) is 3.76. The van der Waals surface area contributed by atoms with Crippen molar-refractivity contribution < 1.29 is 13.5 Å². The molecule has 0 bridgehead atoms. The average Bonchev–Trinajstić information content (AvgIpc) is 2.40. The lowest BCUT2D eigenvalue weighted by Gasteiger charge is -2.11. The topological polar surface area (TPSA) is 9.23 Å².